The highest BCUT2D eigenvalue weighted by atomic mass is 16.5. The lowest BCUT2D eigenvalue weighted by molar-refractivity contribution is 0.102. The Morgan fingerprint density at radius 1 is 1.11 bits per heavy atom. The normalized spacial score (nSPS) is 10.7. The van der Waals surface area contributed by atoms with Crippen LogP contribution in [0.2, 0.25) is 0 Å². The molecule has 6 nitrogen and oxygen atoms in total. The van der Waals surface area contributed by atoms with E-state index in [1.165, 1.54) is 7.11 Å². The van der Waals surface area contributed by atoms with E-state index in [1.54, 1.807) is 31.4 Å². The van der Waals surface area contributed by atoms with Crippen molar-refractivity contribution in [2.45, 2.75) is 20.3 Å². The highest BCUT2D eigenvalue weighted by Gasteiger charge is 2.14. The molecule has 2 N–H and O–H groups in total. The zero-order chi connectivity index (χ0) is 19.6. The molecule has 0 saturated heterocycles. The number of nitrogens with one attached hydrogen (secondary N) is 2. The van der Waals surface area contributed by atoms with Gasteiger partial charge in [0.25, 0.3) is 11.5 Å². The predicted molar refractivity (Wildman–Crippen MR) is 106 cm³/mol. The summed E-state index contributed by atoms with van der Waals surface area (Å²) in [7, 11) is 3.05. The van der Waals surface area contributed by atoms with E-state index < -0.39 is 0 Å². The molecule has 140 valence electrons. The SMILES string of the molecule is CCc1c(C)c2ccc(NC(=O)c3ccc(OC)cc3OC)cc2[nH]c1=O. The van der Waals surface area contributed by atoms with E-state index in [0.717, 1.165) is 16.5 Å². The highest BCUT2D eigenvalue weighted by molar-refractivity contribution is 6.07. The van der Waals surface area contributed by atoms with Crippen LogP contribution >= 0.6 is 0 Å². The molecule has 6 heteroatoms. The molecule has 1 aromatic heterocycles. The van der Waals surface area contributed by atoms with Gasteiger partial charge in [0.2, 0.25) is 0 Å². The summed E-state index contributed by atoms with van der Waals surface area (Å²) in [5.41, 5.74) is 3.32. The molecule has 0 radical (unpaired) electrons. The Hall–Kier alpha value is -3.28. The lowest BCUT2D eigenvalue weighted by atomic mass is 10.0. The molecule has 3 aromatic rings. The summed E-state index contributed by atoms with van der Waals surface area (Å²) in [6.07, 6.45) is 0.673. The first-order valence-electron chi connectivity index (χ1n) is 8.67. The van der Waals surface area contributed by atoms with Crippen LogP contribution in [-0.2, 0) is 6.42 Å². The van der Waals surface area contributed by atoms with E-state index in [1.807, 2.05) is 26.0 Å². The van der Waals surface area contributed by atoms with Crippen LogP contribution in [0, 0.1) is 6.92 Å². The number of anilines is 1. The van der Waals surface area contributed by atoms with Gasteiger partial charge in [-0.05, 0) is 43.2 Å². The number of fused-ring (bicyclic) bond motifs is 1. The van der Waals surface area contributed by atoms with Crippen molar-refractivity contribution in [2.24, 2.45) is 0 Å². The summed E-state index contributed by atoms with van der Waals surface area (Å²) in [5.74, 6) is 0.719. The maximum Gasteiger partial charge on any atom is 0.259 e. The summed E-state index contributed by atoms with van der Waals surface area (Å²) in [6, 6.07) is 10.5. The second kappa shape index (κ2) is 7.53. The van der Waals surface area contributed by atoms with Gasteiger partial charge in [-0.3, -0.25) is 9.59 Å². The van der Waals surface area contributed by atoms with Crippen LogP contribution in [0.5, 0.6) is 11.5 Å². The zero-order valence-electron chi connectivity index (χ0n) is 15.8. The number of pyridine rings is 1. The fourth-order valence-corrected chi connectivity index (χ4v) is 3.19. The van der Waals surface area contributed by atoms with Crippen LogP contribution in [-0.4, -0.2) is 25.1 Å². The summed E-state index contributed by atoms with van der Waals surface area (Å²) in [5, 5.41) is 3.81. The van der Waals surface area contributed by atoms with Crippen molar-refractivity contribution in [1.29, 1.82) is 0 Å². The van der Waals surface area contributed by atoms with Gasteiger partial charge in [-0.25, -0.2) is 0 Å². The summed E-state index contributed by atoms with van der Waals surface area (Å²) in [6.45, 7) is 3.90. The van der Waals surface area contributed by atoms with Crippen LogP contribution in [0.25, 0.3) is 10.9 Å². The minimum atomic E-state index is -0.307. The second-order valence-electron chi connectivity index (χ2n) is 6.19. The fraction of sp³-hybridized carbons (Fsp3) is 0.238. The molecule has 1 heterocycles. The van der Waals surface area contributed by atoms with Crippen molar-refractivity contribution >= 4 is 22.5 Å². The number of carbonyl (C=O) groups excluding carboxylic acids is 1. The number of aromatic nitrogens is 1. The van der Waals surface area contributed by atoms with Crippen molar-refractivity contribution < 1.29 is 14.3 Å². The molecule has 1 amide bonds. The van der Waals surface area contributed by atoms with Gasteiger partial charge in [-0.15, -0.1) is 0 Å². The average Bonchev–Trinajstić information content (AvgIpc) is 2.67. The van der Waals surface area contributed by atoms with Crippen molar-refractivity contribution in [1.82, 2.24) is 4.98 Å². The fourth-order valence-electron chi connectivity index (χ4n) is 3.19. The third-order valence-electron chi connectivity index (χ3n) is 4.66. The Balaban J connectivity index is 1.95. The standard InChI is InChI=1S/C21H22N2O4/c1-5-15-12(2)16-8-6-13(10-18(16)23-20(15)24)22-21(25)17-9-7-14(26-3)11-19(17)27-4/h6-11H,5H2,1-4H3,(H,22,25)(H,23,24). The van der Waals surface area contributed by atoms with E-state index in [4.69, 9.17) is 9.47 Å². The number of rotatable bonds is 5. The van der Waals surface area contributed by atoms with Crippen LogP contribution in [0.4, 0.5) is 5.69 Å². The summed E-state index contributed by atoms with van der Waals surface area (Å²) < 4.78 is 10.4. The van der Waals surface area contributed by atoms with Crippen LogP contribution in [0.3, 0.4) is 0 Å². The molecule has 0 fully saturated rings. The smallest absolute Gasteiger partial charge is 0.259 e. The van der Waals surface area contributed by atoms with Gasteiger partial charge in [-0.1, -0.05) is 13.0 Å². The Kier molecular flexibility index (Phi) is 5.16. The lowest BCUT2D eigenvalue weighted by Crippen LogP contribution is -2.15. The zero-order valence-corrected chi connectivity index (χ0v) is 15.8. The molecule has 2 aromatic carbocycles. The number of ether oxygens (including phenoxy) is 2. The molecule has 27 heavy (non-hydrogen) atoms. The van der Waals surface area contributed by atoms with Crippen molar-refractivity contribution in [3.63, 3.8) is 0 Å². The molecule has 0 atom stereocenters. The number of amides is 1. The number of H-pyrrole nitrogens is 1. The third kappa shape index (κ3) is 3.51. The molecule has 0 aliphatic heterocycles. The number of hydrogen-bond donors (Lipinski definition) is 2. The summed E-state index contributed by atoms with van der Waals surface area (Å²) in [4.78, 5) is 27.8. The van der Waals surface area contributed by atoms with Crippen molar-refractivity contribution in [3.05, 3.63) is 63.4 Å². The average molecular weight is 366 g/mol. The lowest BCUT2D eigenvalue weighted by Gasteiger charge is -2.12. The topological polar surface area (TPSA) is 80.4 Å². The Morgan fingerprint density at radius 2 is 1.89 bits per heavy atom. The number of aryl methyl sites for hydroxylation is 1. The maximum absolute atomic E-state index is 12.7. The molecule has 0 aliphatic carbocycles. The van der Waals surface area contributed by atoms with Gasteiger partial charge in [0.05, 0.1) is 25.3 Å². The van der Waals surface area contributed by atoms with E-state index in [0.29, 0.717) is 34.7 Å². The van der Waals surface area contributed by atoms with Crippen LogP contribution in [0.1, 0.15) is 28.4 Å². The first-order valence-corrected chi connectivity index (χ1v) is 8.67. The van der Waals surface area contributed by atoms with E-state index >= 15 is 0 Å². The molecule has 0 spiro atoms. The molecule has 3 rings (SSSR count). The molecular weight excluding hydrogens is 344 g/mol. The minimum Gasteiger partial charge on any atom is -0.497 e. The number of benzene rings is 2. The monoisotopic (exact) mass is 366 g/mol. The van der Waals surface area contributed by atoms with Gasteiger partial charge >= 0.3 is 0 Å². The van der Waals surface area contributed by atoms with Crippen molar-refractivity contribution in [2.75, 3.05) is 19.5 Å². The Labute approximate surface area is 157 Å². The van der Waals surface area contributed by atoms with Crippen molar-refractivity contribution in [3.8, 4) is 11.5 Å². The van der Waals surface area contributed by atoms with Gasteiger partial charge < -0.3 is 19.8 Å². The predicted octanol–water partition coefficient (Wildman–Crippen LogP) is 3.67. The number of carbonyl (C=O) groups is 1. The Bertz CT molecular complexity index is 1070. The molecule has 0 bridgehead atoms. The molecule has 0 saturated carbocycles. The van der Waals surface area contributed by atoms with Gasteiger partial charge in [0.1, 0.15) is 11.5 Å². The van der Waals surface area contributed by atoms with E-state index in [-0.39, 0.29) is 11.5 Å². The minimum absolute atomic E-state index is 0.0946. The van der Waals surface area contributed by atoms with Crippen LogP contribution < -0.4 is 20.3 Å². The summed E-state index contributed by atoms with van der Waals surface area (Å²) >= 11 is 0. The second-order valence-corrected chi connectivity index (χ2v) is 6.19. The molecule has 0 unspecified atom stereocenters. The maximum atomic E-state index is 12.7. The molecular formula is C21H22N2O4. The first kappa shape index (κ1) is 18.5. The van der Waals surface area contributed by atoms with E-state index in [2.05, 4.69) is 10.3 Å². The van der Waals surface area contributed by atoms with Gasteiger partial charge in [0, 0.05) is 22.7 Å². The first-order chi connectivity index (χ1) is 13.0. The largest absolute Gasteiger partial charge is 0.497 e. The number of hydrogen-bond acceptors (Lipinski definition) is 4. The van der Waals surface area contributed by atoms with Gasteiger partial charge in [0.15, 0.2) is 0 Å². The van der Waals surface area contributed by atoms with Gasteiger partial charge in [-0.2, -0.15) is 0 Å². The number of aromatic amines is 1. The van der Waals surface area contributed by atoms with Crippen LogP contribution in [0.15, 0.2) is 41.2 Å². The number of methoxy groups -OCH3 is 2. The third-order valence-corrected chi connectivity index (χ3v) is 4.66. The Morgan fingerprint density at radius 3 is 2.56 bits per heavy atom. The quantitative estimate of drug-likeness (QED) is 0.722. The van der Waals surface area contributed by atoms with E-state index in [9.17, 15) is 9.59 Å². The molecule has 0 aliphatic rings. The highest BCUT2D eigenvalue weighted by Crippen LogP contribution is 2.26.